The lowest BCUT2D eigenvalue weighted by Gasteiger charge is -2.32. The average Bonchev–Trinajstić information content (AvgIpc) is 2.94. The Kier molecular flexibility index (Phi) is 5.67. The molecular formula is C23H30FN3O3. The molecule has 6 nitrogen and oxygen atoms in total. The van der Waals surface area contributed by atoms with E-state index in [1.807, 2.05) is 40.7 Å². The van der Waals surface area contributed by atoms with Crippen LogP contribution in [0, 0.1) is 19.7 Å². The van der Waals surface area contributed by atoms with Gasteiger partial charge < -0.3 is 20.4 Å². The van der Waals surface area contributed by atoms with Gasteiger partial charge in [-0.2, -0.15) is 0 Å². The molecule has 30 heavy (non-hydrogen) atoms. The number of carbonyl (C=O) groups excluding carboxylic acids is 2. The van der Waals surface area contributed by atoms with Crippen molar-refractivity contribution in [3.8, 4) is 0 Å². The topological polar surface area (TPSA) is 88.4 Å². The summed E-state index contributed by atoms with van der Waals surface area (Å²) in [4.78, 5) is 29.1. The van der Waals surface area contributed by atoms with E-state index in [4.69, 9.17) is 10.5 Å². The van der Waals surface area contributed by atoms with Gasteiger partial charge in [0.1, 0.15) is 11.4 Å². The first-order valence-electron chi connectivity index (χ1n) is 10.2. The van der Waals surface area contributed by atoms with E-state index in [-0.39, 0.29) is 11.6 Å². The number of hydrogen-bond donors (Lipinski definition) is 2. The summed E-state index contributed by atoms with van der Waals surface area (Å²) in [6, 6.07) is 1.01. The number of hydrogen-bond acceptors (Lipinski definition) is 3. The molecule has 0 radical (unpaired) electrons. The van der Waals surface area contributed by atoms with Gasteiger partial charge in [0.2, 0.25) is 0 Å². The maximum Gasteiger partial charge on any atom is 0.410 e. The summed E-state index contributed by atoms with van der Waals surface area (Å²) in [6.45, 7) is 9.25. The molecule has 0 bridgehead atoms. The van der Waals surface area contributed by atoms with Crippen LogP contribution in [0.5, 0.6) is 0 Å². The highest BCUT2D eigenvalue weighted by Gasteiger charge is 2.29. The third kappa shape index (κ3) is 4.06. The van der Waals surface area contributed by atoms with Crippen molar-refractivity contribution >= 4 is 28.5 Å². The normalized spacial score (nSPS) is 17.0. The Morgan fingerprint density at radius 2 is 1.97 bits per heavy atom. The Labute approximate surface area is 176 Å². The summed E-state index contributed by atoms with van der Waals surface area (Å²) in [5.74, 6) is -1.16. The Hall–Kier alpha value is -2.83. The number of primary amides is 1. The number of nitrogens with one attached hydrogen (secondary N) is 1. The maximum absolute atomic E-state index is 15.3. The van der Waals surface area contributed by atoms with Crippen LogP contribution in [0.3, 0.4) is 0 Å². The van der Waals surface area contributed by atoms with Crippen molar-refractivity contribution in [1.29, 1.82) is 0 Å². The van der Waals surface area contributed by atoms with Crippen LogP contribution < -0.4 is 5.73 Å². The molecule has 2 amide bonds. The second-order valence-corrected chi connectivity index (χ2v) is 9.01. The lowest BCUT2D eigenvalue weighted by molar-refractivity contribution is 0.0247. The second-order valence-electron chi connectivity index (χ2n) is 9.01. The first-order chi connectivity index (χ1) is 13.9. The largest absolute Gasteiger partial charge is 0.444 e. The number of fused-ring (bicyclic) bond motifs is 1. The number of aromatic nitrogens is 1. The lowest BCUT2D eigenvalue weighted by atomic mass is 9.87. The third-order valence-corrected chi connectivity index (χ3v) is 5.63. The molecule has 3 rings (SSSR count). The van der Waals surface area contributed by atoms with E-state index in [1.54, 1.807) is 11.9 Å². The van der Waals surface area contributed by atoms with Gasteiger partial charge in [-0.3, -0.25) is 4.79 Å². The Balaban J connectivity index is 2.09. The highest BCUT2D eigenvalue weighted by atomic mass is 19.1. The SMILES string of the molecule is Cc1[nH]c2c(C(N)=O)cc(F)c(C3=C[C@@H](N(C)C(=O)OC(C)(C)C)CCC3)c2c1C. The Morgan fingerprint density at radius 3 is 2.57 bits per heavy atom. The highest BCUT2D eigenvalue weighted by molar-refractivity contribution is 6.09. The molecule has 1 aromatic carbocycles. The minimum absolute atomic E-state index is 0.140. The summed E-state index contributed by atoms with van der Waals surface area (Å²) >= 11 is 0. The van der Waals surface area contributed by atoms with E-state index in [0.717, 1.165) is 29.7 Å². The number of aryl methyl sites for hydroxylation is 2. The molecule has 7 heteroatoms. The number of aromatic amines is 1. The van der Waals surface area contributed by atoms with Crippen LogP contribution in [0.4, 0.5) is 9.18 Å². The van der Waals surface area contributed by atoms with Crippen LogP contribution in [0.1, 0.15) is 67.2 Å². The van der Waals surface area contributed by atoms with Crippen LogP contribution in [0.25, 0.3) is 16.5 Å². The summed E-state index contributed by atoms with van der Waals surface area (Å²) in [6.07, 6.45) is 3.80. The van der Waals surface area contributed by atoms with Gasteiger partial charge in [0.05, 0.1) is 17.1 Å². The number of nitrogens with zero attached hydrogens (tertiary/aromatic N) is 1. The van der Waals surface area contributed by atoms with Crippen molar-refractivity contribution in [2.45, 2.75) is 65.5 Å². The van der Waals surface area contributed by atoms with Gasteiger partial charge in [-0.05, 0) is 71.1 Å². The number of halogens is 1. The number of H-pyrrole nitrogens is 1. The molecule has 162 valence electrons. The molecule has 0 spiro atoms. The summed E-state index contributed by atoms with van der Waals surface area (Å²) < 4.78 is 20.7. The highest BCUT2D eigenvalue weighted by Crippen LogP contribution is 2.38. The number of carbonyl (C=O) groups is 2. The van der Waals surface area contributed by atoms with Crippen molar-refractivity contribution in [2.24, 2.45) is 5.73 Å². The number of benzene rings is 1. The zero-order chi connectivity index (χ0) is 22.4. The predicted molar refractivity (Wildman–Crippen MR) is 116 cm³/mol. The molecule has 1 atom stereocenters. The number of likely N-dealkylation sites (N-methyl/N-ethyl adjacent to an activating group) is 1. The average molecular weight is 416 g/mol. The van der Waals surface area contributed by atoms with Crippen LogP contribution in [-0.4, -0.2) is 40.6 Å². The van der Waals surface area contributed by atoms with Gasteiger partial charge in [0.25, 0.3) is 5.91 Å². The number of allylic oxidation sites excluding steroid dienone is 1. The van der Waals surface area contributed by atoms with Crippen molar-refractivity contribution < 1.29 is 18.7 Å². The van der Waals surface area contributed by atoms with Gasteiger partial charge in [-0.25, -0.2) is 9.18 Å². The van der Waals surface area contributed by atoms with Crippen LogP contribution in [0.2, 0.25) is 0 Å². The Bertz CT molecular complexity index is 1050. The standard InChI is InChI=1S/C23H30FN3O3/c1-12-13(2)26-20-16(21(25)28)11-17(24)19(18(12)20)14-8-7-9-15(10-14)27(6)22(29)30-23(3,4)5/h10-11,15,26H,7-9H2,1-6H3,(H2,25,28)/t15-/m0/s1. The molecule has 0 fully saturated rings. The molecule has 3 N–H and O–H groups in total. The van der Waals surface area contributed by atoms with E-state index in [1.165, 1.54) is 6.07 Å². The smallest absolute Gasteiger partial charge is 0.410 e. The van der Waals surface area contributed by atoms with Crippen molar-refractivity contribution in [3.05, 3.63) is 40.3 Å². The monoisotopic (exact) mass is 415 g/mol. The van der Waals surface area contributed by atoms with E-state index in [0.29, 0.717) is 22.9 Å². The van der Waals surface area contributed by atoms with Gasteiger partial charge >= 0.3 is 6.09 Å². The molecular weight excluding hydrogens is 385 g/mol. The fourth-order valence-corrected chi connectivity index (χ4v) is 4.02. The van der Waals surface area contributed by atoms with Crippen molar-refractivity contribution in [1.82, 2.24) is 9.88 Å². The quantitative estimate of drug-likeness (QED) is 0.753. The van der Waals surface area contributed by atoms with Gasteiger partial charge in [0.15, 0.2) is 0 Å². The number of amides is 2. The number of nitrogens with two attached hydrogens (primary N) is 1. The van der Waals surface area contributed by atoms with E-state index >= 15 is 4.39 Å². The Morgan fingerprint density at radius 1 is 1.30 bits per heavy atom. The zero-order valence-corrected chi connectivity index (χ0v) is 18.5. The minimum Gasteiger partial charge on any atom is -0.444 e. The first-order valence-corrected chi connectivity index (χ1v) is 10.2. The van der Waals surface area contributed by atoms with E-state index in [2.05, 4.69) is 4.98 Å². The van der Waals surface area contributed by atoms with Gasteiger partial charge in [-0.1, -0.05) is 6.08 Å². The van der Waals surface area contributed by atoms with Gasteiger partial charge in [0, 0.05) is 23.7 Å². The second kappa shape index (κ2) is 7.78. The fourth-order valence-electron chi connectivity index (χ4n) is 4.02. The molecule has 0 saturated heterocycles. The molecule has 1 heterocycles. The summed E-state index contributed by atoms with van der Waals surface area (Å²) in [5, 5.41) is 0.674. The molecule has 1 aromatic heterocycles. The number of rotatable bonds is 3. The molecule has 0 unspecified atom stereocenters. The maximum atomic E-state index is 15.3. The minimum atomic E-state index is -0.674. The predicted octanol–water partition coefficient (Wildman–Crippen LogP) is 4.83. The molecule has 1 aliphatic rings. The molecule has 2 aromatic rings. The van der Waals surface area contributed by atoms with E-state index < -0.39 is 23.4 Å². The van der Waals surface area contributed by atoms with Crippen LogP contribution in [-0.2, 0) is 4.74 Å². The summed E-state index contributed by atoms with van der Waals surface area (Å²) in [5.41, 5.74) is 8.62. The molecule has 0 saturated carbocycles. The van der Waals surface area contributed by atoms with E-state index in [9.17, 15) is 9.59 Å². The zero-order valence-electron chi connectivity index (χ0n) is 18.5. The van der Waals surface area contributed by atoms with Gasteiger partial charge in [-0.15, -0.1) is 0 Å². The van der Waals surface area contributed by atoms with Crippen molar-refractivity contribution in [2.75, 3.05) is 7.05 Å². The molecule has 1 aliphatic carbocycles. The van der Waals surface area contributed by atoms with Crippen molar-refractivity contribution in [3.63, 3.8) is 0 Å². The first kappa shape index (κ1) is 21.9. The molecule has 0 aliphatic heterocycles. The summed E-state index contributed by atoms with van der Waals surface area (Å²) in [7, 11) is 1.70. The van der Waals surface area contributed by atoms with Crippen LogP contribution >= 0.6 is 0 Å². The fraction of sp³-hybridized carbons (Fsp3) is 0.478. The lowest BCUT2D eigenvalue weighted by Crippen LogP contribution is -2.40. The third-order valence-electron chi connectivity index (χ3n) is 5.63. The number of ether oxygens (including phenoxy) is 1. The van der Waals surface area contributed by atoms with Crippen LogP contribution in [0.15, 0.2) is 12.1 Å².